The van der Waals surface area contributed by atoms with Crippen LogP contribution in [0.2, 0.25) is 0 Å². The number of thioether (sulfide) groups is 1. The number of benzene rings is 1. The second-order valence-corrected chi connectivity index (χ2v) is 4.86. The van der Waals surface area contributed by atoms with Gasteiger partial charge >= 0.3 is 5.97 Å². The van der Waals surface area contributed by atoms with Gasteiger partial charge in [0.05, 0.1) is 25.2 Å². The van der Waals surface area contributed by atoms with Crippen molar-refractivity contribution in [3.05, 3.63) is 39.9 Å². The lowest BCUT2D eigenvalue weighted by Gasteiger charge is -2.12. The van der Waals surface area contributed by atoms with Crippen LogP contribution in [0.4, 0.5) is 0 Å². The maximum absolute atomic E-state index is 11.1. The first kappa shape index (κ1) is 15.3. The van der Waals surface area contributed by atoms with E-state index in [0.29, 0.717) is 5.75 Å². The van der Waals surface area contributed by atoms with E-state index in [9.17, 15) is 14.9 Å². The van der Waals surface area contributed by atoms with Crippen LogP contribution in [0, 0.1) is 10.1 Å². The molecule has 1 unspecified atom stereocenters. The summed E-state index contributed by atoms with van der Waals surface area (Å²) in [5.41, 5.74) is 0.784. The summed E-state index contributed by atoms with van der Waals surface area (Å²) in [5, 5.41) is 10.3. The largest absolute Gasteiger partial charge is 0.497 e. The standard InChI is InChI=1S/C12H15NO5S/c1-17-10-5-3-9(4-6-10)11(7-13(15)16)19-8-12(14)18-2/h3-6,11H,7-8H2,1-2H3. The maximum Gasteiger partial charge on any atom is 0.315 e. The quantitative estimate of drug-likeness (QED) is 0.432. The van der Waals surface area contributed by atoms with Gasteiger partial charge in [0.25, 0.3) is 0 Å². The molecule has 0 aromatic heterocycles. The van der Waals surface area contributed by atoms with Gasteiger partial charge in [-0.15, -0.1) is 11.8 Å². The summed E-state index contributed by atoms with van der Waals surface area (Å²) in [5.74, 6) is 0.370. The lowest BCUT2D eigenvalue weighted by Crippen LogP contribution is -2.13. The Morgan fingerprint density at radius 1 is 1.37 bits per heavy atom. The van der Waals surface area contributed by atoms with Gasteiger partial charge in [-0.3, -0.25) is 14.9 Å². The highest BCUT2D eigenvalue weighted by atomic mass is 32.2. The van der Waals surface area contributed by atoms with Crippen molar-refractivity contribution in [2.75, 3.05) is 26.5 Å². The molecule has 1 atom stereocenters. The number of esters is 1. The molecule has 0 bridgehead atoms. The van der Waals surface area contributed by atoms with Gasteiger partial charge in [0, 0.05) is 4.92 Å². The van der Waals surface area contributed by atoms with E-state index in [4.69, 9.17) is 4.74 Å². The zero-order chi connectivity index (χ0) is 14.3. The number of nitro groups is 1. The third kappa shape index (κ3) is 5.17. The molecule has 0 fully saturated rings. The molecule has 0 heterocycles. The van der Waals surface area contributed by atoms with Crippen LogP contribution in [-0.2, 0) is 9.53 Å². The van der Waals surface area contributed by atoms with Crippen LogP contribution < -0.4 is 4.74 Å². The highest BCUT2D eigenvalue weighted by Gasteiger charge is 2.20. The van der Waals surface area contributed by atoms with Crippen molar-refractivity contribution in [3.8, 4) is 5.75 Å². The molecule has 0 aliphatic carbocycles. The molecular formula is C12H15NO5S. The van der Waals surface area contributed by atoms with Gasteiger partial charge in [-0.2, -0.15) is 0 Å². The fourth-order valence-corrected chi connectivity index (χ4v) is 2.47. The van der Waals surface area contributed by atoms with Crippen molar-refractivity contribution < 1.29 is 19.2 Å². The summed E-state index contributed by atoms with van der Waals surface area (Å²) in [7, 11) is 2.84. The van der Waals surface area contributed by atoms with Crippen LogP contribution in [0.1, 0.15) is 10.8 Å². The Morgan fingerprint density at radius 3 is 2.47 bits per heavy atom. The Hall–Kier alpha value is -1.76. The van der Waals surface area contributed by atoms with E-state index >= 15 is 0 Å². The molecule has 0 radical (unpaired) electrons. The van der Waals surface area contributed by atoms with Crippen LogP contribution in [0.25, 0.3) is 0 Å². The monoisotopic (exact) mass is 285 g/mol. The summed E-state index contributed by atoms with van der Waals surface area (Å²) in [6.07, 6.45) is 0. The minimum atomic E-state index is -0.396. The molecule has 1 aromatic carbocycles. The number of carbonyl (C=O) groups is 1. The molecular weight excluding hydrogens is 270 g/mol. The first-order chi connectivity index (χ1) is 9.06. The fourth-order valence-electron chi connectivity index (χ4n) is 1.44. The number of carbonyl (C=O) groups excluding carboxylic acids is 1. The molecule has 104 valence electrons. The van der Waals surface area contributed by atoms with Gasteiger partial charge in [0.2, 0.25) is 6.54 Å². The van der Waals surface area contributed by atoms with Crippen LogP contribution in [0.3, 0.4) is 0 Å². The Balaban J connectivity index is 2.76. The third-order valence-electron chi connectivity index (χ3n) is 2.43. The van der Waals surface area contributed by atoms with E-state index < -0.39 is 5.97 Å². The number of nitrogens with zero attached hydrogens (tertiary/aromatic N) is 1. The van der Waals surface area contributed by atoms with Crippen molar-refractivity contribution >= 4 is 17.7 Å². The highest BCUT2D eigenvalue weighted by molar-refractivity contribution is 8.00. The number of methoxy groups -OCH3 is 2. The predicted molar refractivity (Wildman–Crippen MR) is 72.1 cm³/mol. The SMILES string of the molecule is COC(=O)CSC(C[N+](=O)[O-])c1ccc(OC)cc1. The highest BCUT2D eigenvalue weighted by Crippen LogP contribution is 2.30. The normalized spacial score (nSPS) is 11.7. The Morgan fingerprint density at radius 2 is 2.00 bits per heavy atom. The van der Waals surface area contributed by atoms with Crippen LogP contribution in [-0.4, -0.2) is 37.4 Å². The van der Waals surface area contributed by atoms with E-state index in [1.165, 1.54) is 18.9 Å². The maximum atomic E-state index is 11.1. The fraction of sp³-hybridized carbons (Fsp3) is 0.417. The number of rotatable bonds is 7. The molecule has 0 saturated carbocycles. The summed E-state index contributed by atoms with van der Waals surface area (Å²) < 4.78 is 9.56. The Labute approximate surface area is 115 Å². The van der Waals surface area contributed by atoms with Gasteiger partial charge in [-0.25, -0.2) is 0 Å². The van der Waals surface area contributed by atoms with Gasteiger partial charge in [-0.05, 0) is 17.7 Å². The van der Waals surface area contributed by atoms with E-state index in [0.717, 1.165) is 5.56 Å². The molecule has 7 heteroatoms. The summed E-state index contributed by atoms with van der Waals surface area (Å²) in [6.45, 7) is -0.242. The Bertz CT molecular complexity index is 434. The molecule has 0 saturated heterocycles. The average Bonchev–Trinajstić information content (AvgIpc) is 2.42. The molecule has 0 spiro atoms. The minimum Gasteiger partial charge on any atom is -0.497 e. The number of hydrogen-bond donors (Lipinski definition) is 0. The second-order valence-electron chi connectivity index (χ2n) is 3.66. The lowest BCUT2D eigenvalue weighted by molar-refractivity contribution is -0.479. The number of ether oxygens (including phenoxy) is 2. The van der Waals surface area contributed by atoms with E-state index in [1.54, 1.807) is 31.4 Å². The van der Waals surface area contributed by atoms with Gasteiger partial charge in [0.1, 0.15) is 5.75 Å². The van der Waals surface area contributed by atoms with E-state index in [-0.39, 0.29) is 22.5 Å². The van der Waals surface area contributed by atoms with Crippen molar-refractivity contribution in [1.29, 1.82) is 0 Å². The lowest BCUT2D eigenvalue weighted by atomic mass is 10.1. The van der Waals surface area contributed by atoms with Crippen molar-refractivity contribution in [3.63, 3.8) is 0 Å². The minimum absolute atomic E-state index is 0.0844. The Kier molecular flexibility index (Phi) is 6.14. The van der Waals surface area contributed by atoms with Crippen LogP contribution in [0.15, 0.2) is 24.3 Å². The van der Waals surface area contributed by atoms with Gasteiger partial charge in [-0.1, -0.05) is 12.1 Å². The first-order valence-electron chi connectivity index (χ1n) is 5.51. The molecule has 0 N–H and O–H groups in total. The molecule has 0 aliphatic heterocycles. The smallest absolute Gasteiger partial charge is 0.315 e. The predicted octanol–water partition coefficient (Wildman–Crippen LogP) is 1.92. The molecule has 0 aliphatic rings. The zero-order valence-electron chi connectivity index (χ0n) is 10.7. The van der Waals surface area contributed by atoms with Crippen molar-refractivity contribution in [2.24, 2.45) is 0 Å². The van der Waals surface area contributed by atoms with Crippen LogP contribution in [0.5, 0.6) is 5.75 Å². The van der Waals surface area contributed by atoms with Gasteiger partial charge < -0.3 is 9.47 Å². The van der Waals surface area contributed by atoms with Crippen LogP contribution >= 0.6 is 11.8 Å². The molecule has 1 rings (SSSR count). The second kappa shape index (κ2) is 7.63. The zero-order valence-corrected chi connectivity index (χ0v) is 11.5. The van der Waals surface area contributed by atoms with E-state index in [1.807, 2.05) is 0 Å². The summed E-state index contributed by atoms with van der Waals surface area (Å²) >= 11 is 1.19. The molecule has 1 aromatic rings. The molecule has 0 amide bonds. The van der Waals surface area contributed by atoms with Crippen molar-refractivity contribution in [1.82, 2.24) is 0 Å². The van der Waals surface area contributed by atoms with Gasteiger partial charge in [0.15, 0.2) is 0 Å². The molecule has 6 nitrogen and oxygen atoms in total. The number of hydrogen-bond acceptors (Lipinski definition) is 6. The first-order valence-corrected chi connectivity index (χ1v) is 6.56. The average molecular weight is 285 g/mol. The van der Waals surface area contributed by atoms with Crippen molar-refractivity contribution in [2.45, 2.75) is 5.25 Å². The topological polar surface area (TPSA) is 78.7 Å². The molecule has 19 heavy (non-hydrogen) atoms. The van der Waals surface area contributed by atoms with E-state index in [2.05, 4.69) is 4.74 Å². The summed E-state index contributed by atoms with van der Waals surface area (Å²) in [6, 6.07) is 7.00. The third-order valence-corrected chi connectivity index (χ3v) is 3.66. The summed E-state index contributed by atoms with van der Waals surface area (Å²) in [4.78, 5) is 21.4.